The standard InChI is InChI=1S/C19H22N2O5S/c1-13-4-9-17-16(10-13)21(27(3,23)24)12-18(26-17)19(22)20-11-14-5-7-15(25-2)8-6-14/h4-10,18H,11-12H2,1-3H3,(H,20,22)/t18-/m0/s1. The average molecular weight is 390 g/mol. The molecule has 2 aromatic carbocycles. The van der Waals surface area contributed by atoms with E-state index in [2.05, 4.69) is 5.32 Å². The van der Waals surface area contributed by atoms with Crippen LogP contribution in [-0.4, -0.2) is 40.3 Å². The molecule has 8 heteroatoms. The van der Waals surface area contributed by atoms with Gasteiger partial charge in [-0.05, 0) is 42.3 Å². The molecule has 1 aliphatic rings. The molecule has 144 valence electrons. The molecule has 1 atom stereocenters. The van der Waals surface area contributed by atoms with Gasteiger partial charge in [-0.3, -0.25) is 9.10 Å². The van der Waals surface area contributed by atoms with E-state index < -0.39 is 16.1 Å². The first-order valence-electron chi connectivity index (χ1n) is 8.43. The highest BCUT2D eigenvalue weighted by Crippen LogP contribution is 2.35. The monoisotopic (exact) mass is 390 g/mol. The number of aryl methyl sites for hydroxylation is 1. The van der Waals surface area contributed by atoms with E-state index in [4.69, 9.17) is 9.47 Å². The highest BCUT2D eigenvalue weighted by Gasteiger charge is 2.34. The minimum atomic E-state index is -3.54. The summed E-state index contributed by atoms with van der Waals surface area (Å²) in [6, 6.07) is 12.6. The van der Waals surface area contributed by atoms with Crippen LogP contribution in [0.2, 0.25) is 0 Å². The summed E-state index contributed by atoms with van der Waals surface area (Å²) in [6.07, 6.45) is 0.199. The van der Waals surface area contributed by atoms with Gasteiger partial charge in [0.15, 0.2) is 6.10 Å². The van der Waals surface area contributed by atoms with Gasteiger partial charge in [-0.2, -0.15) is 0 Å². The van der Waals surface area contributed by atoms with E-state index in [1.54, 1.807) is 19.2 Å². The van der Waals surface area contributed by atoms with Gasteiger partial charge in [-0.1, -0.05) is 18.2 Å². The molecule has 0 aliphatic carbocycles. The highest BCUT2D eigenvalue weighted by molar-refractivity contribution is 7.92. The van der Waals surface area contributed by atoms with Crippen LogP contribution in [0.1, 0.15) is 11.1 Å². The van der Waals surface area contributed by atoms with Crippen LogP contribution >= 0.6 is 0 Å². The number of carbonyl (C=O) groups is 1. The number of benzene rings is 2. The maximum Gasteiger partial charge on any atom is 0.263 e. The van der Waals surface area contributed by atoms with Crippen molar-refractivity contribution in [2.75, 3.05) is 24.2 Å². The fourth-order valence-corrected chi connectivity index (χ4v) is 3.76. The fraction of sp³-hybridized carbons (Fsp3) is 0.316. The molecule has 1 N–H and O–H groups in total. The number of carbonyl (C=O) groups excluding carboxylic acids is 1. The molecule has 0 bridgehead atoms. The van der Waals surface area contributed by atoms with Crippen LogP contribution in [0.4, 0.5) is 5.69 Å². The average Bonchev–Trinajstić information content (AvgIpc) is 2.64. The summed E-state index contributed by atoms with van der Waals surface area (Å²) in [5.74, 6) is 0.740. The van der Waals surface area contributed by atoms with Crippen molar-refractivity contribution in [1.29, 1.82) is 0 Å². The molecule has 0 aromatic heterocycles. The second-order valence-corrected chi connectivity index (χ2v) is 8.34. The SMILES string of the molecule is COc1ccc(CNC(=O)[C@@H]2CN(S(C)(=O)=O)c3cc(C)ccc3O2)cc1. The number of methoxy groups -OCH3 is 1. The number of nitrogens with zero attached hydrogens (tertiary/aromatic N) is 1. The summed E-state index contributed by atoms with van der Waals surface area (Å²) in [5, 5.41) is 2.79. The van der Waals surface area contributed by atoms with Gasteiger partial charge in [0.2, 0.25) is 10.0 Å². The number of rotatable bonds is 5. The zero-order chi connectivity index (χ0) is 19.6. The Morgan fingerprint density at radius 2 is 1.96 bits per heavy atom. The number of sulfonamides is 1. The lowest BCUT2D eigenvalue weighted by Crippen LogP contribution is -2.50. The molecule has 0 saturated carbocycles. The van der Waals surface area contributed by atoms with Gasteiger partial charge in [-0.25, -0.2) is 8.42 Å². The molecule has 1 aliphatic heterocycles. The normalized spacial score (nSPS) is 16.3. The van der Waals surface area contributed by atoms with Crippen LogP contribution < -0.4 is 19.1 Å². The van der Waals surface area contributed by atoms with E-state index in [0.717, 1.165) is 23.1 Å². The lowest BCUT2D eigenvalue weighted by molar-refractivity contribution is -0.127. The van der Waals surface area contributed by atoms with Crippen molar-refractivity contribution in [2.24, 2.45) is 0 Å². The number of hydrogen-bond acceptors (Lipinski definition) is 5. The Morgan fingerprint density at radius 3 is 2.59 bits per heavy atom. The molecule has 7 nitrogen and oxygen atoms in total. The van der Waals surface area contributed by atoms with E-state index >= 15 is 0 Å². The zero-order valence-electron chi connectivity index (χ0n) is 15.4. The largest absolute Gasteiger partial charge is 0.497 e. The van der Waals surface area contributed by atoms with E-state index in [0.29, 0.717) is 18.0 Å². The van der Waals surface area contributed by atoms with Crippen LogP contribution in [0.3, 0.4) is 0 Å². The third-order valence-corrected chi connectivity index (χ3v) is 5.45. The number of anilines is 1. The Labute approximate surface area is 158 Å². The quantitative estimate of drug-likeness (QED) is 0.842. The van der Waals surface area contributed by atoms with E-state index in [1.807, 2.05) is 37.3 Å². The van der Waals surface area contributed by atoms with Crippen LogP contribution in [0.15, 0.2) is 42.5 Å². The van der Waals surface area contributed by atoms with Crippen molar-refractivity contribution in [3.63, 3.8) is 0 Å². The van der Waals surface area contributed by atoms with Crippen molar-refractivity contribution < 1.29 is 22.7 Å². The number of amides is 1. The van der Waals surface area contributed by atoms with Gasteiger partial charge < -0.3 is 14.8 Å². The molecule has 27 heavy (non-hydrogen) atoms. The molecule has 0 radical (unpaired) electrons. The van der Waals surface area contributed by atoms with E-state index in [-0.39, 0.29) is 12.5 Å². The van der Waals surface area contributed by atoms with E-state index in [1.165, 1.54) is 4.31 Å². The first-order chi connectivity index (χ1) is 12.8. The molecule has 1 heterocycles. The molecular weight excluding hydrogens is 368 g/mol. The second kappa shape index (κ2) is 7.48. The Bertz CT molecular complexity index is 941. The zero-order valence-corrected chi connectivity index (χ0v) is 16.2. The number of nitrogens with one attached hydrogen (secondary N) is 1. The first-order valence-corrected chi connectivity index (χ1v) is 10.3. The van der Waals surface area contributed by atoms with Gasteiger partial charge in [0.25, 0.3) is 5.91 Å². The van der Waals surface area contributed by atoms with Crippen molar-refractivity contribution in [2.45, 2.75) is 19.6 Å². The third kappa shape index (κ3) is 4.33. The molecule has 0 saturated heterocycles. The van der Waals surface area contributed by atoms with Gasteiger partial charge in [0.1, 0.15) is 11.5 Å². The minimum absolute atomic E-state index is 0.0657. The van der Waals surface area contributed by atoms with Crippen LogP contribution in [0, 0.1) is 6.92 Å². The number of ether oxygens (including phenoxy) is 2. The Kier molecular flexibility index (Phi) is 5.27. The summed E-state index contributed by atoms with van der Waals surface area (Å²) in [4.78, 5) is 12.6. The van der Waals surface area contributed by atoms with E-state index in [9.17, 15) is 13.2 Å². The van der Waals surface area contributed by atoms with Gasteiger partial charge >= 0.3 is 0 Å². The van der Waals surface area contributed by atoms with Crippen molar-refractivity contribution in [3.05, 3.63) is 53.6 Å². The van der Waals surface area contributed by atoms with Crippen LogP contribution in [-0.2, 0) is 21.4 Å². The molecule has 3 rings (SSSR count). The number of fused-ring (bicyclic) bond motifs is 1. The lowest BCUT2D eigenvalue weighted by atomic mass is 10.1. The maximum absolute atomic E-state index is 12.6. The van der Waals surface area contributed by atoms with Gasteiger partial charge in [-0.15, -0.1) is 0 Å². The third-order valence-electron chi connectivity index (χ3n) is 4.30. The van der Waals surface area contributed by atoms with Crippen molar-refractivity contribution in [3.8, 4) is 11.5 Å². The molecular formula is C19H22N2O5S. The van der Waals surface area contributed by atoms with Crippen molar-refractivity contribution >= 4 is 21.6 Å². The summed E-state index contributed by atoms with van der Waals surface area (Å²) in [7, 11) is -1.95. The molecule has 2 aromatic rings. The van der Waals surface area contributed by atoms with Crippen LogP contribution in [0.25, 0.3) is 0 Å². The molecule has 0 spiro atoms. The van der Waals surface area contributed by atoms with Gasteiger partial charge in [0, 0.05) is 6.54 Å². The predicted octanol–water partition coefficient (Wildman–Crippen LogP) is 1.85. The Hall–Kier alpha value is -2.74. The smallest absolute Gasteiger partial charge is 0.263 e. The lowest BCUT2D eigenvalue weighted by Gasteiger charge is -2.34. The predicted molar refractivity (Wildman–Crippen MR) is 103 cm³/mol. The number of hydrogen-bond donors (Lipinski definition) is 1. The Morgan fingerprint density at radius 1 is 1.26 bits per heavy atom. The summed E-state index contributed by atoms with van der Waals surface area (Å²) in [6.45, 7) is 2.11. The highest BCUT2D eigenvalue weighted by atomic mass is 32.2. The topological polar surface area (TPSA) is 84.9 Å². The maximum atomic E-state index is 12.6. The second-order valence-electron chi connectivity index (χ2n) is 6.44. The summed E-state index contributed by atoms with van der Waals surface area (Å²) >= 11 is 0. The summed E-state index contributed by atoms with van der Waals surface area (Å²) < 4.78 is 36.5. The Balaban J connectivity index is 1.74. The van der Waals surface area contributed by atoms with Crippen LogP contribution in [0.5, 0.6) is 11.5 Å². The summed E-state index contributed by atoms with van der Waals surface area (Å²) in [5.41, 5.74) is 2.26. The first kappa shape index (κ1) is 19.0. The fourth-order valence-electron chi connectivity index (χ4n) is 2.86. The molecule has 0 fully saturated rings. The molecule has 1 amide bonds. The van der Waals surface area contributed by atoms with Gasteiger partial charge in [0.05, 0.1) is 25.6 Å². The van der Waals surface area contributed by atoms with Crippen molar-refractivity contribution in [1.82, 2.24) is 5.32 Å². The molecule has 0 unspecified atom stereocenters. The minimum Gasteiger partial charge on any atom is -0.497 e.